The van der Waals surface area contributed by atoms with Crippen LogP contribution in [0, 0.1) is 0 Å². The Balaban J connectivity index is 1.73. The standard InChI is InChI=1S/C22H42N4O/c1-2-3-4-5-6-7-8-9-10-11-12-13-14-15-17-24-22(27)25-18-16-21-19-23-20-26-21/h19-20H,2-18H2,1H3,(H,23,26)(H2,24,25,27). The summed E-state index contributed by atoms with van der Waals surface area (Å²) in [5.41, 5.74) is 1.04. The van der Waals surface area contributed by atoms with Gasteiger partial charge in [0.25, 0.3) is 0 Å². The fourth-order valence-electron chi connectivity index (χ4n) is 3.32. The number of aromatic nitrogens is 2. The first kappa shape index (κ1) is 23.5. The molecule has 0 aromatic carbocycles. The van der Waals surface area contributed by atoms with Gasteiger partial charge in [0.2, 0.25) is 0 Å². The van der Waals surface area contributed by atoms with Gasteiger partial charge in [0, 0.05) is 31.4 Å². The lowest BCUT2D eigenvalue weighted by atomic mass is 10.0. The topological polar surface area (TPSA) is 69.8 Å². The minimum absolute atomic E-state index is 0.0655. The molecule has 0 atom stereocenters. The molecule has 5 heteroatoms. The monoisotopic (exact) mass is 378 g/mol. The Bertz CT molecular complexity index is 434. The highest BCUT2D eigenvalue weighted by Gasteiger charge is 2.00. The van der Waals surface area contributed by atoms with E-state index in [1.165, 1.54) is 83.5 Å². The average Bonchev–Trinajstić information content (AvgIpc) is 3.18. The summed E-state index contributed by atoms with van der Waals surface area (Å²) in [4.78, 5) is 18.6. The van der Waals surface area contributed by atoms with Gasteiger partial charge in [-0.3, -0.25) is 0 Å². The highest BCUT2D eigenvalue weighted by molar-refractivity contribution is 5.73. The number of hydrogen-bond donors (Lipinski definition) is 3. The van der Waals surface area contributed by atoms with Crippen LogP contribution in [-0.2, 0) is 6.42 Å². The normalized spacial score (nSPS) is 10.9. The lowest BCUT2D eigenvalue weighted by Gasteiger charge is -2.07. The molecule has 2 amide bonds. The van der Waals surface area contributed by atoms with Crippen LogP contribution in [0.1, 0.15) is 103 Å². The zero-order valence-electron chi connectivity index (χ0n) is 17.5. The molecule has 0 saturated heterocycles. The maximum Gasteiger partial charge on any atom is 0.314 e. The molecule has 0 aliphatic carbocycles. The average molecular weight is 379 g/mol. The number of imidazole rings is 1. The minimum atomic E-state index is -0.0655. The Morgan fingerprint density at radius 2 is 1.33 bits per heavy atom. The lowest BCUT2D eigenvalue weighted by Crippen LogP contribution is -2.37. The van der Waals surface area contributed by atoms with Gasteiger partial charge in [-0.1, -0.05) is 90.4 Å². The third kappa shape index (κ3) is 15.3. The number of unbranched alkanes of at least 4 members (excludes halogenated alkanes) is 13. The van der Waals surface area contributed by atoms with Crippen LogP contribution in [-0.4, -0.2) is 29.1 Å². The molecule has 3 N–H and O–H groups in total. The molecule has 27 heavy (non-hydrogen) atoms. The molecule has 156 valence electrons. The van der Waals surface area contributed by atoms with Crippen molar-refractivity contribution in [1.82, 2.24) is 20.6 Å². The molecular weight excluding hydrogens is 336 g/mol. The summed E-state index contributed by atoms with van der Waals surface area (Å²) in [6.45, 7) is 3.68. The Morgan fingerprint density at radius 3 is 1.85 bits per heavy atom. The van der Waals surface area contributed by atoms with Crippen molar-refractivity contribution in [2.45, 2.75) is 103 Å². The van der Waals surface area contributed by atoms with Crippen LogP contribution in [0.25, 0.3) is 0 Å². The third-order valence-corrected chi connectivity index (χ3v) is 5.05. The van der Waals surface area contributed by atoms with Crippen LogP contribution < -0.4 is 10.6 Å². The summed E-state index contributed by atoms with van der Waals surface area (Å²) in [6, 6.07) is -0.0655. The summed E-state index contributed by atoms with van der Waals surface area (Å²) in [7, 11) is 0. The van der Waals surface area contributed by atoms with Crippen molar-refractivity contribution >= 4 is 6.03 Å². The molecule has 1 heterocycles. The van der Waals surface area contributed by atoms with Crippen LogP contribution in [0.4, 0.5) is 4.79 Å². The van der Waals surface area contributed by atoms with E-state index in [1.54, 1.807) is 12.5 Å². The molecule has 0 aliphatic heterocycles. The van der Waals surface area contributed by atoms with E-state index in [9.17, 15) is 4.79 Å². The number of aromatic amines is 1. The zero-order chi connectivity index (χ0) is 19.4. The van der Waals surface area contributed by atoms with Crippen molar-refractivity contribution < 1.29 is 4.79 Å². The molecule has 5 nitrogen and oxygen atoms in total. The highest BCUT2D eigenvalue weighted by atomic mass is 16.2. The highest BCUT2D eigenvalue weighted by Crippen LogP contribution is 2.12. The maximum atomic E-state index is 11.7. The second-order valence-corrected chi connectivity index (χ2v) is 7.61. The summed E-state index contributed by atoms with van der Waals surface area (Å²) in [5.74, 6) is 0. The summed E-state index contributed by atoms with van der Waals surface area (Å²) in [5, 5.41) is 5.80. The van der Waals surface area contributed by atoms with E-state index >= 15 is 0 Å². The molecule has 0 saturated carbocycles. The Kier molecular flexibility index (Phi) is 15.6. The third-order valence-electron chi connectivity index (χ3n) is 5.05. The van der Waals surface area contributed by atoms with Crippen LogP contribution >= 0.6 is 0 Å². The number of nitrogens with zero attached hydrogens (tertiary/aromatic N) is 1. The van der Waals surface area contributed by atoms with Gasteiger partial charge in [-0.2, -0.15) is 0 Å². The van der Waals surface area contributed by atoms with E-state index in [0.717, 1.165) is 25.1 Å². The van der Waals surface area contributed by atoms with Crippen molar-refractivity contribution in [2.24, 2.45) is 0 Å². The molecule has 0 bridgehead atoms. The number of rotatable bonds is 18. The quantitative estimate of drug-likeness (QED) is 0.285. The Morgan fingerprint density at radius 1 is 0.815 bits per heavy atom. The molecule has 1 aromatic heterocycles. The molecular formula is C22H42N4O. The van der Waals surface area contributed by atoms with E-state index in [2.05, 4.69) is 27.5 Å². The van der Waals surface area contributed by atoms with Gasteiger partial charge in [-0.25, -0.2) is 9.78 Å². The van der Waals surface area contributed by atoms with Crippen molar-refractivity contribution in [3.05, 3.63) is 18.2 Å². The van der Waals surface area contributed by atoms with E-state index in [-0.39, 0.29) is 6.03 Å². The van der Waals surface area contributed by atoms with Gasteiger partial charge >= 0.3 is 6.03 Å². The minimum Gasteiger partial charge on any atom is -0.348 e. The fourth-order valence-corrected chi connectivity index (χ4v) is 3.32. The number of hydrogen-bond acceptors (Lipinski definition) is 2. The van der Waals surface area contributed by atoms with Gasteiger partial charge in [-0.15, -0.1) is 0 Å². The number of amides is 2. The predicted molar refractivity (Wildman–Crippen MR) is 114 cm³/mol. The lowest BCUT2D eigenvalue weighted by molar-refractivity contribution is 0.241. The molecule has 1 rings (SSSR count). The van der Waals surface area contributed by atoms with Crippen LogP contribution in [0.15, 0.2) is 12.5 Å². The van der Waals surface area contributed by atoms with Gasteiger partial charge in [0.1, 0.15) is 0 Å². The van der Waals surface area contributed by atoms with Gasteiger partial charge in [0.05, 0.1) is 6.33 Å². The molecule has 0 aliphatic rings. The molecule has 0 radical (unpaired) electrons. The SMILES string of the molecule is CCCCCCCCCCCCCCCCNC(=O)NCCc1cnc[nH]1. The van der Waals surface area contributed by atoms with Gasteiger partial charge in [-0.05, 0) is 6.42 Å². The number of H-pyrrole nitrogens is 1. The van der Waals surface area contributed by atoms with E-state index in [1.807, 2.05) is 0 Å². The van der Waals surface area contributed by atoms with Gasteiger partial charge < -0.3 is 15.6 Å². The Hall–Kier alpha value is -1.52. The van der Waals surface area contributed by atoms with E-state index in [4.69, 9.17) is 0 Å². The number of nitrogens with one attached hydrogen (secondary N) is 3. The van der Waals surface area contributed by atoms with E-state index in [0.29, 0.717) is 6.54 Å². The van der Waals surface area contributed by atoms with Crippen LogP contribution in [0.5, 0.6) is 0 Å². The first-order valence-corrected chi connectivity index (χ1v) is 11.3. The Labute approximate surface area is 166 Å². The second kappa shape index (κ2) is 17.9. The predicted octanol–water partition coefficient (Wildman–Crippen LogP) is 5.73. The van der Waals surface area contributed by atoms with Crippen LogP contribution in [0.3, 0.4) is 0 Å². The summed E-state index contributed by atoms with van der Waals surface area (Å²) >= 11 is 0. The van der Waals surface area contributed by atoms with Crippen molar-refractivity contribution in [3.8, 4) is 0 Å². The number of urea groups is 1. The molecule has 0 unspecified atom stereocenters. The van der Waals surface area contributed by atoms with Crippen molar-refractivity contribution in [1.29, 1.82) is 0 Å². The summed E-state index contributed by atoms with van der Waals surface area (Å²) in [6.07, 6.45) is 23.2. The van der Waals surface area contributed by atoms with Crippen LogP contribution in [0.2, 0.25) is 0 Å². The summed E-state index contributed by atoms with van der Waals surface area (Å²) < 4.78 is 0. The zero-order valence-corrected chi connectivity index (χ0v) is 17.5. The first-order valence-electron chi connectivity index (χ1n) is 11.3. The number of carbonyl (C=O) groups excluding carboxylic acids is 1. The van der Waals surface area contributed by atoms with E-state index < -0.39 is 0 Å². The second-order valence-electron chi connectivity index (χ2n) is 7.61. The molecule has 1 aromatic rings. The molecule has 0 spiro atoms. The van der Waals surface area contributed by atoms with Crippen molar-refractivity contribution in [3.63, 3.8) is 0 Å². The largest absolute Gasteiger partial charge is 0.348 e. The van der Waals surface area contributed by atoms with Crippen molar-refractivity contribution in [2.75, 3.05) is 13.1 Å². The molecule has 0 fully saturated rings. The maximum absolute atomic E-state index is 11.7. The fraction of sp³-hybridized carbons (Fsp3) is 0.818. The first-order chi connectivity index (χ1) is 13.3. The number of carbonyl (C=O) groups is 1. The van der Waals surface area contributed by atoms with Gasteiger partial charge in [0.15, 0.2) is 0 Å². The smallest absolute Gasteiger partial charge is 0.314 e.